The monoisotopic (exact) mass is 339 g/mol. The standard InChI is InChI=1S/C20H21NO4/c1-24-17-9-5-6-10-18(17)25-20(23)16-13-19(22)21(14-16)12-11-15-7-3-2-4-8-15/h2-10,16H,11-14H2,1H3. The number of amides is 1. The Balaban J connectivity index is 1.57. The molecule has 25 heavy (non-hydrogen) atoms. The molecule has 0 N–H and O–H groups in total. The minimum Gasteiger partial charge on any atom is -0.493 e. The molecule has 0 bridgehead atoms. The number of likely N-dealkylation sites (tertiary alicyclic amines) is 1. The van der Waals surface area contributed by atoms with Crippen molar-refractivity contribution in [2.75, 3.05) is 20.2 Å². The molecule has 1 aliphatic rings. The van der Waals surface area contributed by atoms with Crippen LogP contribution in [0.5, 0.6) is 11.5 Å². The molecule has 1 aliphatic heterocycles. The summed E-state index contributed by atoms with van der Waals surface area (Å²) in [5, 5.41) is 0. The van der Waals surface area contributed by atoms with Crippen LogP contribution in [0, 0.1) is 5.92 Å². The van der Waals surface area contributed by atoms with Crippen molar-refractivity contribution >= 4 is 11.9 Å². The van der Waals surface area contributed by atoms with Gasteiger partial charge in [-0.3, -0.25) is 9.59 Å². The third-order valence-corrected chi connectivity index (χ3v) is 4.34. The molecule has 1 atom stereocenters. The van der Waals surface area contributed by atoms with Crippen molar-refractivity contribution in [1.82, 2.24) is 4.90 Å². The van der Waals surface area contributed by atoms with E-state index in [4.69, 9.17) is 9.47 Å². The number of methoxy groups -OCH3 is 1. The number of benzene rings is 2. The predicted octanol–water partition coefficient (Wildman–Crippen LogP) is 2.69. The molecule has 2 aromatic carbocycles. The number of nitrogens with zero attached hydrogens (tertiary/aromatic N) is 1. The van der Waals surface area contributed by atoms with E-state index in [-0.39, 0.29) is 18.3 Å². The number of esters is 1. The Kier molecular flexibility index (Phi) is 5.33. The average Bonchev–Trinajstić information content (AvgIpc) is 3.02. The molecule has 130 valence electrons. The lowest BCUT2D eigenvalue weighted by molar-refractivity contribution is -0.139. The van der Waals surface area contributed by atoms with Crippen LogP contribution in [-0.4, -0.2) is 37.0 Å². The number of hydrogen-bond acceptors (Lipinski definition) is 4. The van der Waals surface area contributed by atoms with Crippen LogP contribution in [0.1, 0.15) is 12.0 Å². The van der Waals surface area contributed by atoms with Crippen LogP contribution in [0.2, 0.25) is 0 Å². The van der Waals surface area contributed by atoms with Gasteiger partial charge in [0.2, 0.25) is 5.91 Å². The Morgan fingerprint density at radius 1 is 1.08 bits per heavy atom. The molecule has 0 spiro atoms. The van der Waals surface area contributed by atoms with E-state index in [1.54, 1.807) is 29.2 Å². The number of carbonyl (C=O) groups excluding carboxylic acids is 2. The summed E-state index contributed by atoms with van der Waals surface area (Å²) >= 11 is 0. The summed E-state index contributed by atoms with van der Waals surface area (Å²) in [5.41, 5.74) is 1.18. The summed E-state index contributed by atoms with van der Waals surface area (Å²) in [6.45, 7) is 1.01. The highest BCUT2D eigenvalue weighted by Crippen LogP contribution is 2.28. The first-order valence-electron chi connectivity index (χ1n) is 8.34. The zero-order chi connectivity index (χ0) is 17.6. The Morgan fingerprint density at radius 3 is 2.48 bits per heavy atom. The zero-order valence-corrected chi connectivity index (χ0v) is 14.2. The Labute approximate surface area is 147 Å². The van der Waals surface area contributed by atoms with Gasteiger partial charge >= 0.3 is 5.97 Å². The van der Waals surface area contributed by atoms with E-state index in [0.29, 0.717) is 24.6 Å². The van der Waals surface area contributed by atoms with Gasteiger partial charge in [0.05, 0.1) is 13.0 Å². The largest absolute Gasteiger partial charge is 0.493 e. The second-order valence-corrected chi connectivity index (χ2v) is 6.05. The van der Waals surface area contributed by atoms with Gasteiger partial charge in [-0.15, -0.1) is 0 Å². The average molecular weight is 339 g/mol. The van der Waals surface area contributed by atoms with Crippen LogP contribution in [-0.2, 0) is 16.0 Å². The fourth-order valence-corrected chi connectivity index (χ4v) is 2.95. The molecule has 2 aromatic rings. The van der Waals surface area contributed by atoms with Gasteiger partial charge in [0.15, 0.2) is 11.5 Å². The summed E-state index contributed by atoms with van der Waals surface area (Å²) in [4.78, 5) is 26.3. The van der Waals surface area contributed by atoms with Crippen molar-refractivity contribution in [3.05, 3.63) is 60.2 Å². The predicted molar refractivity (Wildman–Crippen MR) is 93.5 cm³/mol. The van der Waals surface area contributed by atoms with Crippen molar-refractivity contribution in [2.24, 2.45) is 5.92 Å². The lowest BCUT2D eigenvalue weighted by atomic mass is 10.1. The summed E-state index contributed by atoms with van der Waals surface area (Å²) in [6, 6.07) is 17.0. The van der Waals surface area contributed by atoms with Gasteiger partial charge in [0.25, 0.3) is 0 Å². The lowest BCUT2D eigenvalue weighted by Gasteiger charge is -2.16. The summed E-state index contributed by atoms with van der Waals surface area (Å²) in [5.74, 6) is 0.0532. The van der Waals surface area contributed by atoms with E-state index in [0.717, 1.165) is 6.42 Å². The first-order chi connectivity index (χ1) is 12.2. The molecule has 1 amide bonds. The van der Waals surface area contributed by atoms with Gasteiger partial charge in [0.1, 0.15) is 0 Å². The molecular weight excluding hydrogens is 318 g/mol. The second-order valence-electron chi connectivity index (χ2n) is 6.05. The Hall–Kier alpha value is -2.82. The Bertz CT molecular complexity index is 744. The highest BCUT2D eigenvalue weighted by Gasteiger charge is 2.35. The van der Waals surface area contributed by atoms with Crippen molar-refractivity contribution in [3.63, 3.8) is 0 Å². The van der Waals surface area contributed by atoms with E-state index in [2.05, 4.69) is 0 Å². The van der Waals surface area contributed by atoms with Crippen LogP contribution in [0.4, 0.5) is 0 Å². The van der Waals surface area contributed by atoms with E-state index < -0.39 is 5.92 Å². The number of ether oxygens (including phenoxy) is 2. The molecule has 5 nitrogen and oxygen atoms in total. The lowest BCUT2D eigenvalue weighted by Crippen LogP contribution is -2.29. The van der Waals surface area contributed by atoms with Crippen molar-refractivity contribution < 1.29 is 19.1 Å². The first kappa shape index (κ1) is 17.0. The topological polar surface area (TPSA) is 55.8 Å². The van der Waals surface area contributed by atoms with Gasteiger partial charge in [-0.05, 0) is 24.1 Å². The highest BCUT2D eigenvalue weighted by molar-refractivity contribution is 5.87. The molecule has 0 saturated carbocycles. The minimum absolute atomic E-state index is 0.00194. The van der Waals surface area contributed by atoms with Crippen molar-refractivity contribution in [2.45, 2.75) is 12.8 Å². The van der Waals surface area contributed by atoms with E-state index in [1.165, 1.54) is 12.7 Å². The van der Waals surface area contributed by atoms with Crippen LogP contribution in [0.15, 0.2) is 54.6 Å². The van der Waals surface area contributed by atoms with Gasteiger partial charge in [-0.1, -0.05) is 42.5 Å². The SMILES string of the molecule is COc1ccccc1OC(=O)C1CC(=O)N(CCc2ccccc2)C1. The maximum atomic E-state index is 12.4. The zero-order valence-electron chi connectivity index (χ0n) is 14.2. The number of hydrogen-bond donors (Lipinski definition) is 0. The van der Waals surface area contributed by atoms with Crippen molar-refractivity contribution in [1.29, 1.82) is 0 Å². The molecule has 1 heterocycles. The molecule has 3 rings (SSSR count). The smallest absolute Gasteiger partial charge is 0.316 e. The highest BCUT2D eigenvalue weighted by atomic mass is 16.6. The molecule has 1 fully saturated rings. The summed E-state index contributed by atoms with van der Waals surface area (Å²) in [6.07, 6.45) is 0.976. The Morgan fingerprint density at radius 2 is 1.76 bits per heavy atom. The van der Waals surface area contributed by atoms with Gasteiger partial charge in [-0.25, -0.2) is 0 Å². The van der Waals surface area contributed by atoms with E-state index in [1.807, 2.05) is 30.3 Å². The van der Waals surface area contributed by atoms with E-state index in [9.17, 15) is 9.59 Å². The fraction of sp³-hybridized carbons (Fsp3) is 0.300. The molecule has 1 unspecified atom stereocenters. The second kappa shape index (κ2) is 7.83. The molecule has 1 saturated heterocycles. The molecular formula is C20H21NO4. The van der Waals surface area contributed by atoms with Crippen molar-refractivity contribution in [3.8, 4) is 11.5 Å². The number of carbonyl (C=O) groups is 2. The maximum Gasteiger partial charge on any atom is 0.316 e. The molecule has 0 radical (unpaired) electrons. The molecule has 0 aliphatic carbocycles. The van der Waals surface area contributed by atoms with Gasteiger partial charge in [-0.2, -0.15) is 0 Å². The minimum atomic E-state index is -0.437. The first-order valence-corrected chi connectivity index (χ1v) is 8.34. The van der Waals surface area contributed by atoms with Gasteiger partial charge in [0, 0.05) is 19.5 Å². The van der Waals surface area contributed by atoms with Crippen LogP contribution in [0.25, 0.3) is 0 Å². The normalized spacial score (nSPS) is 16.8. The third-order valence-electron chi connectivity index (χ3n) is 4.34. The number of rotatable bonds is 6. The maximum absolute atomic E-state index is 12.4. The van der Waals surface area contributed by atoms with Crippen LogP contribution in [0.3, 0.4) is 0 Å². The van der Waals surface area contributed by atoms with Crippen LogP contribution < -0.4 is 9.47 Å². The quantitative estimate of drug-likeness (QED) is 0.600. The number of para-hydroxylation sites is 2. The van der Waals surface area contributed by atoms with E-state index >= 15 is 0 Å². The summed E-state index contributed by atoms with van der Waals surface area (Å²) < 4.78 is 10.6. The summed E-state index contributed by atoms with van der Waals surface area (Å²) in [7, 11) is 1.52. The molecule has 5 heteroatoms. The third kappa shape index (κ3) is 4.18. The fourth-order valence-electron chi connectivity index (χ4n) is 2.95. The van der Waals surface area contributed by atoms with Crippen LogP contribution >= 0.6 is 0 Å². The molecule has 0 aromatic heterocycles. The van der Waals surface area contributed by atoms with Gasteiger partial charge < -0.3 is 14.4 Å².